The standard InChI is InChI=1S/C7H6N4OS.H2O/c12-6-3-1-5(2-4-6)8-7-9-10-11-13-7;/h1-4,12H,(H,8,9,11);1H2. The SMILES string of the molecule is O.Oc1ccc(Nc2nnns2)cc1. The maximum atomic E-state index is 9.02. The van der Waals surface area contributed by atoms with Gasteiger partial charge in [0.25, 0.3) is 0 Å². The lowest BCUT2D eigenvalue weighted by Crippen LogP contribution is -1.88. The molecule has 2 rings (SSSR count). The summed E-state index contributed by atoms with van der Waals surface area (Å²) in [6, 6.07) is 6.68. The molecule has 0 unspecified atom stereocenters. The first-order valence-corrected chi connectivity index (χ1v) is 4.33. The van der Waals surface area contributed by atoms with Crippen LogP contribution in [0.1, 0.15) is 0 Å². The molecule has 4 N–H and O–H groups in total. The Morgan fingerprint density at radius 1 is 1.21 bits per heavy atom. The lowest BCUT2D eigenvalue weighted by atomic mass is 10.3. The average Bonchev–Trinajstić information content (AvgIpc) is 2.62. The van der Waals surface area contributed by atoms with Crippen LogP contribution in [0.4, 0.5) is 10.8 Å². The molecule has 0 saturated carbocycles. The lowest BCUT2D eigenvalue weighted by molar-refractivity contribution is 0.475. The van der Waals surface area contributed by atoms with Crippen LogP contribution in [-0.4, -0.2) is 25.4 Å². The first-order valence-electron chi connectivity index (χ1n) is 3.56. The third kappa shape index (κ3) is 2.38. The topological polar surface area (TPSA) is 102 Å². The molecular formula is C7H8N4O2S. The number of aromatic hydroxyl groups is 1. The Labute approximate surface area is 83.7 Å². The minimum Gasteiger partial charge on any atom is -0.508 e. The Hall–Kier alpha value is -1.73. The fourth-order valence-corrected chi connectivity index (χ4v) is 1.24. The maximum Gasteiger partial charge on any atom is 0.229 e. The predicted octanol–water partition coefficient (Wildman–Crippen LogP) is 0.558. The van der Waals surface area contributed by atoms with Gasteiger partial charge in [-0.05, 0) is 29.5 Å². The van der Waals surface area contributed by atoms with Gasteiger partial charge in [0.1, 0.15) is 5.75 Å². The van der Waals surface area contributed by atoms with Crippen molar-refractivity contribution in [3.8, 4) is 5.75 Å². The zero-order valence-corrected chi connectivity index (χ0v) is 7.82. The number of nitrogens with one attached hydrogen (secondary N) is 1. The highest BCUT2D eigenvalue weighted by Crippen LogP contribution is 2.18. The van der Waals surface area contributed by atoms with E-state index in [1.54, 1.807) is 24.3 Å². The van der Waals surface area contributed by atoms with Gasteiger partial charge in [-0.15, -0.1) is 0 Å². The van der Waals surface area contributed by atoms with Crippen LogP contribution in [0.5, 0.6) is 5.75 Å². The van der Waals surface area contributed by atoms with Crippen LogP contribution in [0.15, 0.2) is 24.3 Å². The smallest absolute Gasteiger partial charge is 0.229 e. The number of nitrogens with zero attached hydrogens (tertiary/aromatic N) is 3. The summed E-state index contributed by atoms with van der Waals surface area (Å²) in [7, 11) is 0. The normalized spacial score (nSPS) is 9.14. The van der Waals surface area contributed by atoms with Crippen LogP contribution in [0.2, 0.25) is 0 Å². The van der Waals surface area contributed by atoms with Crippen molar-refractivity contribution in [2.45, 2.75) is 0 Å². The quantitative estimate of drug-likeness (QED) is 0.708. The minimum atomic E-state index is 0. The monoisotopic (exact) mass is 212 g/mol. The number of aromatic nitrogens is 3. The molecule has 1 heterocycles. The molecule has 14 heavy (non-hydrogen) atoms. The highest BCUT2D eigenvalue weighted by atomic mass is 32.1. The molecule has 0 saturated heterocycles. The van der Waals surface area contributed by atoms with E-state index < -0.39 is 0 Å². The molecule has 1 aromatic carbocycles. The van der Waals surface area contributed by atoms with Crippen LogP contribution in [-0.2, 0) is 0 Å². The molecule has 0 aliphatic carbocycles. The number of hydrogen-bond donors (Lipinski definition) is 2. The summed E-state index contributed by atoms with van der Waals surface area (Å²) in [4.78, 5) is 0. The van der Waals surface area contributed by atoms with Gasteiger partial charge >= 0.3 is 0 Å². The van der Waals surface area contributed by atoms with Crippen molar-refractivity contribution in [3.63, 3.8) is 0 Å². The van der Waals surface area contributed by atoms with E-state index in [9.17, 15) is 0 Å². The van der Waals surface area contributed by atoms with Crippen molar-refractivity contribution in [1.29, 1.82) is 0 Å². The third-order valence-electron chi connectivity index (χ3n) is 1.42. The Morgan fingerprint density at radius 3 is 2.50 bits per heavy atom. The third-order valence-corrected chi connectivity index (χ3v) is 1.93. The molecule has 0 amide bonds. The lowest BCUT2D eigenvalue weighted by Gasteiger charge is -1.99. The van der Waals surface area contributed by atoms with Gasteiger partial charge in [-0.3, -0.25) is 0 Å². The average molecular weight is 212 g/mol. The van der Waals surface area contributed by atoms with Crippen molar-refractivity contribution in [1.82, 2.24) is 14.8 Å². The van der Waals surface area contributed by atoms with E-state index in [2.05, 4.69) is 20.1 Å². The summed E-state index contributed by atoms with van der Waals surface area (Å²) in [6.45, 7) is 0. The molecule has 7 heteroatoms. The zero-order valence-electron chi connectivity index (χ0n) is 7.01. The van der Waals surface area contributed by atoms with Crippen molar-refractivity contribution >= 4 is 22.4 Å². The number of hydrogen-bond acceptors (Lipinski definition) is 6. The van der Waals surface area contributed by atoms with Crippen LogP contribution < -0.4 is 5.32 Å². The maximum absolute atomic E-state index is 9.02. The van der Waals surface area contributed by atoms with Gasteiger partial charge in [0.05, 0.1) is 0 Å². The molecule has 6 nitrogen and oxygen atoms in total. The van der Waals surface area contributed by atoms with Crippen LogP contribution >= 0.6 is 11.5 Å². The van der Waals surface area contributed by atoms with E-state index in [-0.39, 0.29) is 11.2 Å². The summed E-state index contributed by atoms with van der Waals surface area (Å²) in [5.74, 6) is 0.237. The van der Waals surface area contributed by atoms with Gasteiger partial charge in [-0.25, -0.2) is 0 Å². The van der Waals surface area contributed by atoms with E-state index in [1.165, 1.54) is 11.5 Å². The second-order valence-electron chi connectivity index (χ2n) is 2.34. The largest absolute Gasteiger partial charge is 0.508 e. The highest BCUT2D eigenvalue weighted by Gasteiger charge is 1.97. The molecule has 0 spiro atoms. The second kappa shape index (κ2) is 4.49. The Balaban J connectivity index is 0.000000980. The van der Waals surface area contributed by atoms with E-state index >= 15 is 0 Å². The molecule has 0 atom stereocenters. The molecule has 2 aromatic rings. The summed E-state index contributed by atoms with van der Waals surface area (Å²) >= 11 is 1.18. The molecule has 0 bridgehead atoms. The van der Waals surface area contributed by atoms with Gasteiger partial charge in [0.2, 0.25) is 5.13 Å². The molecule has 1 aromatic heterocycles. The molecule has 0 aliphatic rings. The molecule has 74 valence electrons. The van der Waals surface area contributed by atoms with Crippen molar-refractivity contribution in [2.75, 3.05) is 5.32 Å². The van der Waals surface area contributed by atoms with Crippen LogP contribution in [0.25, 0.3) is 0 Å². The van der Waals surface area contributed by atoms with E-state index in [0.717, 1.165) is 5.69 Å². The first-order chi connectivity index (χ1) is 6.34. The van der Waals surface area contributed by atoms with E-state index in [0.29, 0.717) is 5.13 Å². The zero-order chi connectivity index (χ0) is 9.10. The fourth-order valence-electron chi connectivity index (χ4n) is 0.850. The number of phenols is 1. The van der Waals surface area contributed by atoms with Gasteiger partial charge in [0, 0.05) is 17.2 Å². The molecule has 0 aliphatic heterocycles. The van der Waals surface area contributed by atoms with Crippen LogP contribution in [0.3, 0.4) is 0 Å². The summed E-state index contributed by atoms with van der Waals surface area (Å²) in [5.41, 5.74) is 0.844. The van der Waals surface area contributed by atoms with Gasteiger partial charge in [-0.2, -0.15) is 0 Å². The van der Waals surface area contributed by atoms with Crippen LogP contribution in [0, 0.1) is 0 Å². The second-order valence-corrected chi connectivity index (χ2v) is 3.07. The summed E-state index contributed by atoms with van der Waals surface area (Å²) < 4.78 is 3.60. The number of rotatable bonds is 2. The van der Waals surface area contributed by atoms with E-state index in [1.807, 2.05) is 0 Å². The Bertz CT molecular complexity index is 375. The number of phenolic OH excluding ortho intramolecular Hbond substituents is 1. The fraction of sp³-hybridized carbons (Fsp3) is 0. The van der Waals surface area contributed by atoms with Gasteiger partial charge < -0.3 is 15.9 Å². The number of benzene rings is 1. The van der Waals surface area contributed by atoms with Crippen molar-refractivity contribution in [2.24, 2.45) is 0 Å². The summed E-state index contributed by atoms with van der Waals surface area (Å²) in [6.07, 6.45) is 0. The van der Waals surface area contributed by atoms with Crippen molar-refractivity contribution < 1.29 is 10.6 Å². The molecular weight excluding hydrogens is 204 g/mol. The minimum absolute atomic E-state index is 0. The molecule has 0 fully saturated rings. The first kappa shape index (κ1) is 10.4. The summed E-state index contributed by atoms with van der Waals surface area (Å²) in [5, 5.41) is 19.8. The number of anilines is 2. The molecule has 0 radical (unpaired) electrons. The highest BCUT2D eigenvalue weighted by molar-refractivity contribution is 7.09. The Kier molecular flexibility index (Phi) is 3.32. The van der Waals surface area contributed by atoms with Gasteiger partial charge in [0.15, 0.2) is 0 Å². The van der Waals surface area contributed by atoms with Crippen molar-refractivity contribution in [3.05, 3.63) is 24.3 Å². The van der Waals surface area contributed by atoms with Gasteiger partial charge in [-0.1, -0.05) is 9.59 Å². The van der Waals surface area contributed by atoms with E-state index in [4.69, 9.17) is 5.11 Å². The predicted molar refractivity (Wildman–Crippen MR) is 52.7 cm³/mol. The Morgan fingerprint density at radius 2 is 1.93 bits per heavy atom.